The summed E-state index contributed by atoms with van der Waals surface area (Å²) in [7, 11) is 2.21. The maximum atomic E-state index is 7.91. The molecule has 0 radical (unpaired) electrons. The van der Waals surface area contributed by atoms with E-state index >= 15 is 0 Å². The van der Waals surface area contributed by atoms with E-state index in [-0.39, 0.29) is 17.2 Å². The Balaban J connectivity index is 1.68. The van der Waals surface area contributed by atoms with Crippen LogP contribution in [-0.4, -0.2) is 46.9 Å². The summed E-state index contributed by atoms with van der Waals surface area (Å²) in [6, 6.07) is 51.1. The van der Waals surface area contributed by atoms with Crippen LogP contribution in [0.3, 0.4) is 0 Å². The van der Waals surface area contributed by atoms with Crippen LogP contribution in [0, 0.1) is 0 Å². The van der Waals surface area contributed by atoms with Crippen LogP contribution in [0.1, 0.15) is 50.0 Å². The molecule has 0 amide bonds. The Morgan fingerprint density at radius 3 is 1.39 bits per heavy atom. The maximum absolute atomic E-state index is 7.91. The predicted octanol–water partition coefficient (Wildman–Crippen LogP) is 8.39. The van der Waals surface area contributed by atoms with Crippen LogP contribution >= 0.6 is 0 Å². The standard InChI is InChI=1S/C43H51NO4Si/c1-43(2,3)49(38-23-15-9-16-24-38,39-25-17-10-18-26-39)48-41(36-27-29-37(45-4)30-28-36)31-40(42(46-5)47-6)44(32-34-19-11-7-12-20-34)33-35-21-13-8-14-22-35/h7-30,40-42H,31-33H2,1-6H3/t40-,41+/m1/s1. The predicted molar refractivity (Wildman–Crippen MR) is 203 cm³/mol. The van der Waals surface area contributed by atoms with Gasteiger partial charge in [-0.3, -0.25) is 4.90 Å². The van der Waals surface area contributed by atoms with E-state index in [4.69, 9.17) is 18.6 Å². The number of methoxy groups -OCH3 is 3. The lowest BCUT2D eigenvalue weighted by atomic mass is 9.99. The highest BCUT2D eigenvalue weighted by molar-refractivity contribution is 6.99. The van der Waals surface area contributed by atoms with Crippen LogP contribution < -0.4 is 15.1 Å². The smallest absolute Gasteiger partial charge is 0.261 e. The summed E-state index contributed by atoms with van der Waals surface area (Å²) in [6.07, 6.45) is -0.178. The largest absolute Gasteiger partial charge is 0.497 e. The van der Waals surface area contributed by atoms with E-state index in [0.717, 1.165) is 24.4 Å². The zero-order chi connectivity index (χ0) is 34.7. The molecule has 256 valence electrons. The Morgan fingerprint density at radius 2 is 1.00 bits per heavy atom. The molecule has 0 saturated heterocycles. The minimum absolute atomic E-state index is 0.166. The van der Waals surface area contributed by atoms with Crippen molar-refractivity contribution in [2.75, 3.05) is 21.3 Å². The summed E-state index contributed by atoms with van der Waals surface area (Å²) in [6.45, 7) is 8.42. The van der Waals surface area contributed by atoms with Gasteiger partial charge in [0.25, 0.3) is 8.32 Å². The highest BCUT2D eigenvalue weighted by atomic mass is 28.4. The van der Waals surface area contributed by atoms with Gasteiger partial charge in [0.2, 0.25) is 0 Å². The van der Waals surface area contributed by atoms with E-state index in [2.05, 4.69) is 159 Å². The van der Waals surface area contributed by atoms with Crippen molar-refractivity contribution in [2.24, 2.45) is 0 Å². The van der Waals surface area contributed by atoms with Gasteiger partial charge in [0.05, 0.1) is 19.3 Å². The second kappa shape index (κ2) is 17.1. The molecule has 6 heteroatoms. The molecule has 0 unspecified atom stereocenters. The van der Waals surface area contributed by atoms with E-state index in [9.17, 15) is 0 Å². The zero-order valence-electron chi connectivity index (χ0n) is 29.8. The van der Waals surface area contributed by atoms with Crippen molar-refractivity contribution in [3.8, 4) is 5.75 Å². The topological polar surface area (TPSA) is 40.2 Å². The number of benzene rings is 5. The molecule has 49 heavy (non-hydrogen) atoms. The van der Waals surface area contributed by atoms with E-state index in [1.807, 2.05) is 12.1 Å². The van der Waals surface area contributed by atoms with Gasteiger partial charge in [-0.1, -0.05) is 154 Å². The number of rotatable bonds is 16. The summed E-state index contributed by atoms with van der Waals surface area (Å²) in [5.41, 5.74) is 3.54. The number of hydrogen-bond acceptors (Lipinski definition) is 5. The van der Waals surface area contributed by atoms with E-state index in [1.54, 1.807) is 21.3 Å². The van der Waals surface area contributed by atoms with Gasteiger partial charge in [0, 0.05) is 27.3 Å². The molecule has 0 bridgehead atoms. The van der Waals surface area contributed by atoms with Gasteiger partial charge in [0.15, 0.2) is 6.29 Å². The van der Waals surface area contributed by atoms with Crippen molar-refractivity contribution in [1.29, 1.82) is 0 Å². The molecule has 0 heterocycles. The fourth-order valence-electron chi connectivity index (χ4n) is 6.96. The molecule has 5 aromatic carbocycles. The molecule has 0 aliphatic heterocycles. The SMILES string of the molecule is COc1ccc([C@H](C[C@H](C(OC)OC)N(Cc2ccccc2)Cc2ccccc2)O[Si](c2ccccc2)(c2ccccc2)C(C)(C)C)cc1. The fraction of sp³-hybridized carbons (Fsp3) is 0.302. The molecule has 0 spiro atoms. The first-order valence-electron chi connectivity index (χ1n) is 17.1. The number of ether oxygens (including phenoxy) is 3. The third-order valence-corrected chi connectivity index (χ3v) is 14.4. The summed E-state index contributed by atoms with van der Waals surface area (Å²) in [4.78, 5) is 2.48. The third-order valence-electron chi connectivity index (χ3n) is 9.38. The summed E-state index contributed by atoms with van der Waals surface area (Å²) in [5, 5.41) is 2.28. The van der Waals surface area contributed by atoms with Crippen LogP contribution in [0.25, 0.3) is 0 Å². The molecule has 0 fully saturated rings. The van der Waals surface area contributed by atoms with Crippen LogP contribution in [0.4, 0.5) is 0 Å². The number of nitrogens with zero attached hydrogens (tertiary/aromatic N) is 1. The van der Waals surface area contributed by atoms with Gasteiger partial charge in [-0.2, -0.15) is 0 Å². The van der Waals surface area contributed by atoms with E-state index < -0.39 is 14.6 Å². The lowest BCUT2D eigenvalue weighted by molar-refractivity contribution is -0.156. The van der Waals surface area contributed by atoms with Gasteiger partial charge in [-0.15, -0.1) is 0 Å². The van der Waals surface area contributed by atoms with Crippen molar-refractivity contribution in [1.82, 2.24) is 4.90 Å². The van der Waals surface area contributed by atoms with Crippen LogP contribution in [0.15, 0.2) is 146 Å². The minimum Gasteiger partial charge on any atom is -0.497 e. The first-order valence-corrected chi connectivity index (χ1v) is 19.0. The summed E-state index contributed by atoms with van der Waals surface area (Å²) >= 11 is 0. The van der Waals surface area contributed by atoms with Crippen LogP contribution in [0.5, 0.6) is 5.75 Å². The fourth-order valence-corrected chi connectivity index (χ4v) is 11.6. The highest BCUT2D eigenvalue weighted by Crippen LogP contribution is 2.42. The van der Waals surface area contributed by atoms with E-state index in [0.29, 0.717) is 6.42 Å². The average molecular weight is 674 g/mol. The van der Waals surface area contributed by atoms with Crippen LogP contribution in [0.2, 0.25) is 5.04 Å². The van der Waals surface area contributed by atoms with Gasteiger partial charge in [0.1, 0.15) is 5.75 Å². The Kier molecular flexibility index (Phi) is 12.6. The second-order valence-electron chi connectivity index (χ2n) is 13.6. The quantitative estimate of drug-likeness (QED) is 0.0778. The summed E-state index contributed by atoms with van der Waals surface area (Å²) in [5.74, 6) is 0.811. The molecule has 2 atom stereocenters. The first kappa shape index (κ1) is 36.2. The van der Waals surface area contributed by atoms with Gasteiger partial charge in [-0.05, 0) is 50.7 Å². The third kappa shape index (κ3) is 8.77. The number of hydrogen-bond donors (Lipinski definition) is 0. The van der Waals surface area contributed by atoms with Crippen molar-refractivity contribution < 1.29 is 18.6 Å². The monoisotopic (exact) mass is 673 g/mol. The van der Waals surface area contributed by atoms with Gasteiger partial charge < -0.3 is 18.6 Å². The molecule has 0 aromatic heterocycles. The van der Waals surface area contributed by atoms with Crippen molar-refractivity contribution >= 4 is 18.7 Å². The Labute approximate surface area is 294 Å². The minimum atomic E-state index is -2.95. The van der Waals surface area contributed by atoms with Crippen molar-refractivity contribution in [3.05, 3.63) is 162 Å². The molecule has 5 rings (SSSR count). The molecule has 0 saturated carbocycles. The maximum Gasteiger partial charge on any atom is 0.261 e. The van der Waals surface area contributed by atoms with Gasteiger partial charge >= 0.3 is 0 Å². The molecule has 5 nitrogen and oxygen atoms in total. The molecule has 5 aromatic rings. The lowest BCUT2D eigenvalue weighted by Gasteiger charge is -2.46. The molecule has 0 aliphatic carbocycles. The van der Waals surface area contributed by atoms with E-state index in [1.165, 1.54) is 21.5 Å². The molecule has 0 N–H and O–H groups in total. The molecular weight excluding hydrogens is 623 g/mol. The molecular formula is C43H51NO4Si. The second-order valence-corrected chi connectivity index (χ2v) is 17.8. The highest BCUT2D eigenvalue weighted by Gasteiger charge is 2.52. The molecule has 0 aliphatic rings. The normalized spacial score (nSPS) is 13.4. The van der Waals surface area contributed by atoms with Gasteiger partial charge in [-0.25, -0.2) is 0 Å². The Morgan fingerprint density at radius 1 is 0.571 bits per heavy atom. The first-order chi connectivity index (χ1) is 23.8. The zero-order valence-corrected chi connectivity index (χ0v) is 30.8. The Bertz CT molecular complexity index is 1580. The summed E-state index contributed by atoms with van der Waals surface area (Å²) < 4.78 is 25.8. The lowest BCUT2D eigenvalue weighted by Crippen LogP contribution is -2.67. The van der Waals surface area contributed by atoms with Crippen LogP contribution in [-0.2, 0) is 27.0 Å². The van der Waals surface area contributed by atoms with Crippen molar-refractivity contribution in [2.45, 2.75) is 63.8 Å². The Hall–Kier alpha value is -4.04. The average Bonchev–Trinajstić information content (AvgIpc) is 3.14. The van der Waals surface area contributed by atoms with Crippen molar-refractivity contribution in [3.63, 3.8) is 0 Å².